The summed E-state index contributed by atoms with van der Waals surface area (Å²) in [5.41, 5.74) is 1.12. The van der Waals surface area contributed by atoms with E-state index in [9.17, 15) is 8.78 Å². The molecule has 3 heterocycles. The molecule has 180 valence electrons. The van der Waals surface area contributed by atoms with Gasteiger partial charge in [-0.05, 0) is 56.7 Å². The number of methoxy groups -OCH3 is 1. The minimum absolute atomic E-state index is 0.0245. The Balaban J connectivity index is 1.32. The average molecular weight is 471 g/mol. The van der Waals surface area contributed by atoms with Gasteiger partial charge in [0, 0.05) is 43.1 Å². The molecule has 0 spiro atoms. The second-order valence-corrected chi connectivity index (χ2v) is 9.16. The van der Waals surface area contributed by atoms with Gasteiger partial charge < -0.3 is 19.7 Å². The fraction of sp³-hybridized carbons (Fsp3) is 0.458. The molecule has 5 rings (SSSR count). The highest BCUT2D eigenvalue weighted by atomic mass is 19.2. The molecule has 2 aromatic heterocycles. The number of pyridine rings is 1. The van der Waals surface area contributed by atoms with E-state index in [2.05, 4.69) is 25.3 Å². The van der Waals surface area contributed by atoms with E-state index < -0.39 is 11.6 Å². The average Bonchev–Trinajstić information content (AvgIpc) is 3.32. The van der Waals surface area contributed by atoms with E-state index in [1.54, 1.807) is 18.0 Å². The van der Waals surface area contributed by atoms with Crippen LogP contribution in [0.1, 0.15) is 32.7 Å². The molecule has 2 fully saturated rings. The highest BCUT2D eigenvalue weighted by Gasteiger charge is 2.42. The lowest BCUT2D eigenvalue weighted by atomic mass is 9.92. The number of aromatic nitrogens is 4. The van der Waals surface area contributed by atoms with Crippen molar-refractivity contribution in [2.24, 2.45) is 11.8 Å². The molecule has 10 heteroatoms. The van der Waals surface area contributed by atoms with E-state index in [4.69, 9.17) is 9.47 Å². The first-order valence-corrected chi connectivity index (χ1v) is 11.5. The number of benzene rings is 1. The van der Waals surface area contributed by atoms with Crippen molar-refractivity contribution in [1.82, 2.24) is 19.7 Å². The van der Waals surface area contributed by atoms with Crippen molar-refractivity contribution in [3.05, 3.63) is 48.2 Å². The summed E-state index contributed by atoms with van der Waals surface area (Å²) in [6.45, 7) is 5.76. The quantitative estimate of drug-likeness (QED) is 0.538. The van der Waals surface area contributed by atoms with E-state index >= 15 is 0 Å². The van der Waals surface area contributed by atoms with E-state index in [1.807, 2.05) is 26.0 Å². The van der Waals surface area contributed by atoms with E-state index in [0.29, 0.717) is 23.7 Å². The molecule has 2 bridgehead atoms. The molecule has 0 radical (unpaired) electrons. The summed E-state index contributed by atoms with van der Waals surface area (Å²) < 4.78 is 39.6. The van der Waals surface area contributed by atoms with Crippen molar-refractivity contribution in [2.75, 3.05) is 30.4 Å². The molecule has 1 saturated carbocycles. The van der Waals surface area contributed by atoms with Crippen molar-refractivity contribution in [3.8, 4) is 17.6 Å². The van der Waals surface area contributed by atoms with Gasteiger partial charge in [-0.25, -0.2) is 18.4 Å². The first kappa shape index (κ1) is 22.4. The molecule has 8 nitrogen and oxygen atoms in total. The molecule has 1 aromatic carbocycles. The van der Waals surface area contributed by atoms with Crippen LogP contribution in [0.4, 0.5) is 20.4 Å². The number of halogens is 2. The summed E-state index contributed by atoms with van der Waals surface area (Å²) in [6, 6.07) is 7.86. The van der Waals surface area contributed by atoms with Gasteiger partial charge in [0.05, 0.1) is 13.2 Å². The Kier molecular flexibility index (Phi) is 5.97. The van der Waals surface area contributed by atoms with Gasteiger partial charge in [-0.15, -0.1) is 5.10 Å². The molecule has 2 aliphatic rings. The number of nitrogens with zero attached hydrogens (tertiary/aromatic N) is 5. The lowest BCUT2D eigenvalue weighted by Crippen LogP contribution is -2.48. The van der Waals surface area contributed by atoms with Crippen LogP contribution in [-0.4, -0.2) is 46.0 Å². The third-order valence-electron chi connectivity index (χ3n) is 6.61. The fourth-order valence-corrected chi connectivity index (χ4v) is 4.95. The maximum Gasteiger partial charge on any atom is 0.322 e. The van der Waals surface area contributed by atoms with Crippen LogP contribution in [0.15, 0.2) is 36.5 Å². The van der Waals surface area contributed by atoms with Crippen molar-refractivity contribution < 1.29 is 18.3 Å². The van der Waals surface area contributed by atoms with Crippen LogP contribution in [0.2, 0.25) is 0 Å². The maximum absolute atomic E-state index is 13.6. The zero-order valence-electron chi connectivity index (χ0n) is 19.4. The van der Waals surface area contributed by atoms with E-state index in [-0.39, 0.29) is 23.8 Å². The molecule has 0 unspecified atom stereocenters. The summed E-state index contributed by atoms with van der Waals surface area (Å²) in [5.74, 6) is 0.253. The zero-order chi connectivity index (χ0) is 23.8. The Bertz CT molecular complexity index is 1160. The number of rotatable bonds is 7. The van der Waals surface area contributed by atoms with Crippen LogP contribution in [0.5, 0.6) is 17.6 Å². The van der Waals surface area contributed by atoms with Crippen LogP contribution in [0.25, 0.3) is 0 Å². The Morgan fingerprint density at radius 3 is 2.50 bits per heavy atom. The number of hydrogen-bond acceptors (Lipinski definition) is 7. The number of nitrogens with one attached hydrogen (secondary N) is 1. The Morgan fingerprint density at radius 2 is 1.82 bits per heavy atom. The SMILES string of the molecule is COc1cc(N2C[C@H]3CC[C@@H](C2)[C@H]3Nc2nc(Oc3ccc(F)c(F)c3)n(C(C)C)n2)ccn1. The number of ether oxygens (including phenoxy) is 2. The van der Waals surface area contributed by atoms with Crippen LogP contribution in [-0.2, 0) is 0 Å². The summed E-state index contributed by atoms with van der Waals surface area (Å²) >= 11 is 0. The van der Waals surface area contributed by atoms with Gasteiger partial charge in [0.1, 0.15) is 5.75 Å². The van der Waals surface area contributed by atoms with Crippen molar-refractivity contribution in [3.63, 3.8) is 0 Å². The second kappa shape index (κ2) is 9.08. The zero-order valence-corrected chi connectivity index (χ0v) is 19.4. The molecule has 1 aliphatic carbocycles. The monoisotopic (exact) mass is 470 g/mol. The smallest absolute Gasteiger partial charge is 0.322 e. The predicted octanol–water partition coefficient (Wildman–Crippen LogP) is 4.66. The largest absolute Gasteiger partial charge is 0.481 e. The third-order valence-corrected chi connectivity index (χ3v) is 6.61. The van der Waals surface area contributed by atoms with Crippen molar-refractivity contribution in [1.29, 1.82) is 0 Å². The molecular weight excluding hydrogens is 442 g/mol. The minimum atomic E-state index is -0.971. The second-order valence-electron chi connectivity index (χ2n) is 9.16. The predicted molar refractivity (Wildman–Crippen MR) is 123 cm³/mol. The number of hydrogen-bond donors (Lipinski definition) is 1. The van der Waals surface area contributed by atoms with Crippen LogP contribution in [0, 0.1) is 23.5 Å². The normalized spacial score (nSPS) is 21.7. The maximum atomic E-state index is 13.6. The van der Waals surface area contributed by atoms with Crippen LogP contribution in [0.3, 0.4) is 0 Å². The van der Waals surface area contributed by atoms with Crippen molar-refractivity contribution >= 4 is 11.6 Å². The first-order chi connectivity index (χ1) is 16.4. The van der Waals surface area contributed by atoms with Gasteiger partial charge in [-0.1, -0.05) is 0 Å². The standard InChI is InChI=1S/C24H28F2N6O2/c1-14(2)32-24(34-18-6-7-19(25)20(26)11-18)29-23(30-32)28-22-15-4-5-16(22)13-31(12-15)17-8-9-27-21(10-17)33-3/h6-11,14-16,22H,4-5,12-13H2,1-3H3,(H,28,30)/t15-,16+,22+. The molecule has 0 amide bonds. The fourth-order valence-electron chi connectivity index (χ4n) is 4.95. The summed E-state index contributed by atoms with van der Waals surface area (Å²) in [5, 5.41) is 8.14. The Labute approximate surface area is 196 Å². The van der Waals surface area contributed by atoms with E-state index in [0.717, 1.165) is 43.8 Å². The molecule has 1 N–H and O–H groups in total. The van der Waals surface area contributed by atoms with Gasteiger partial charge in [0.2, 0.25) is 11.8 Å². The summed E-state index contributed by atoms with van der Waals surface area (Å²) in [6.07, 6.45) is 4.03. The number of piperidine rings is 1. The Morgan fingerprint density at radius 1 is 1.06 bits per heavy atom. The van der Waals surface area contributed by atoms with Gasteiger partial charge in [-0.3, -0.25) is 0 Å². The van der Waals surface area contributed by atoms with Crippen LogP contribution < -0.4 is 19.7 Å². The van der Waals surface area contributed by atoms with Crippen LogP contribution >= 0.6 is 0 Å². The molecule has 1 aliphatic heterocycles. The Hall–Kier alpha value is -3.43. The lowest BCUT2D eigenvalue weighted by Gasteiger charge is -2.39. The van der Waals surface area contributed by atoms with Gasteiger partial charge in [0.15, 0.2) is 11.6 Å². The molecule has 3 aromatic rings. The topological polar surface area (TPSA) is 77.3 Å². The summed E-state index contributed by atoms with van der Waals surface area (Å²) in [7, 11) is 1.62. The minimum Gasteiger partial charge on any atom is -0.481 e. The first-order valence-electron chi connectivity index (χ1n) is 11.5. The highest BCUT2D eigenvalue weighted by Crippen LogP contribution is 2.40. The molecular formula is C24H28F2N6O2. The lowest BCUT2D eigenvalue weighted by molar-refractivity contribution is 0.371. The van der Waals surface area contributed by atoms with Gasteiger partial charge in [0.25, 0.3) is 0 Å². The molecule has 1 saturated heterocycles. The highest BCUT2D eigenvalue weighted by molar-refractivity contribution is 5.49. The molecule has 34 heavy (non-hydrogen) atoms. The van der Waals surface area contributed by atoms with E-state index in [1.165, 1.54) is 6.07 Å². The van der Waals surface area contributed by atoms with Crippen molar-refractivity contribution in [2.45, 2.75) is 38.8 Å². The molecule has 3 atom stereocenters. The number of fused-ring (bicyclic) bond motifs is 2. The summed E-state index contributed by atoms with van der Waals surface area (Å²) in [4.78, 5) is 11.1. The van der Waals surface area contributed by atoms with Gasteiger partial charge >= 0.3 is 6.01 Å². The third kappa shape index (κ3) is 4.36. The number of anilines is 2. The van der Waals surface area contributed by atoms with Gasteiger partial charge in [-0.2, -0.15) is 4.98 Å².